The Bertz CT molecular complexity index is 728. The minimum atomic E-state index is -0.310. The standard InChI is InChI=1S/C19H19NO2/c1-2-22-19(21)16(12-14-8-4-3-5-9-14)18-13-15-10-6-7-11-17(15)20-18/h3-11,13,16,20H,2,12H2,1H3. The molecule has 1 heterocycles. The zero-order chi connectivity index (χ0) is 15.4. The molecule has 0 bridgehead atoms. The van der Waals surface area contributed by atoms with Crippen molar-refractivity contribution < 1.29 is 9.53 Å². The van der Waals surface area contributed by atoms with Gasteiger partial charge in [0.25, 0.3) is 0 Å². The summed E-state index contributed by atoms with van der Waals surface area (Å²) in [5.74, 6) is -0.493. The van der Waals surface area contributed by atoms with Gasteiger partial charge >= 0.3 is 5.97 Å². The Hall–Kier alpha value is -2.55. The lowest BCUT2D eigenvalue weighted by Crippen LogP contribution is -2.18. The van der Waals surface area contributed by atoms with Crippen LogP contribution in [0.3, 0.4) is 0 Å². The molecule has 1 N–H and O–H groups in total. The summed E-state index contributed by atoms with van der Waals surface area (Å²) < 4.78 is 5.27. The van der Waals surface area contributed by atoms with E-state index in [1.165, 1.54) is 0 Å². The van der Waals surface area contributed by atoms with E-state index in [1.54, 1.807) is 0 Å². The van der Waals surface area contributed by atoms with E-state index < -0.39 is 0 Å². The summed E-state index contributed by atoms with van der Waals surface area (Å²) in [5, 5.41) is 1.11. The average Bonchev–Trinajstić information content (AvgIpc) is 2.97. The fourth-order valence-corrected chi connectivity index (χ4v) is 2.70. The van der Waals surface area contributed by atoms with Crippen molar-refractivity contribution in [3.05, 3.63) is 71.9 Å². The van der Waals surface area contributed by atoms with Crippen molar-refractivity contribution in [1.82, 2.24) is 4.98 Å². The number of ether oxygens (including phenoxy) is 1. The minimum absolute atomic E-state index is 0.182. The van der Waals surface area contributed by atoms with Gasteiger partial charge in [0.05, 0.1) is 6.61 Å². The Morgan fingerprint density at radius 2 is 1.82 bits per heavy atom. The molecular formula is C19H19NO2. The zero-order valence-electron chi connectivity index (χ0n) is 12.6. The molecule has 0 amide bonds. The summed E-state index contributed by atoms with van der Waals surface area (Å²) in [7, 11) is 0. The molecule has 1 aromatic heterocycles. The van der Waals surface area contributed by atoms with Gasteiger partial charge in [0.15, 0.2) is 0 Å². The Morgan fingerprint density at radius 1 is 1.09 bits per heavy atom. The third-order valence-corrected chi connectivity index (χ3v) is 3.78. The quantitative estimate of drug-likeness (QED) is 0.721. The maximum Gasteiger partial charge on any atom is 0.315 e. The topological polar surface area (TPSA) is 42.1 Å². The first-order valence-corrected chi connectivity index (χ1v) is 7.56. The molecular weight excluding hydrogens is 274 g/mol. The second kappa shape index (κ2) is 6.48. The summed E-state index contributed by atoms with van der Waals surface area (Å²) in [6.07, 6.45) is 0.631. The molecule has 0 saturated carbocycles. The van der Waals surface area contributed by atoms with Gasteiger partial charge in [-0.15, -0.1) is 0 Å². The lowest BCUT2D eigenvalue weighted by Gasteiger charge is -2.14. The number of esters is 1. The Morgan fingerprint density at radius 3 is 2.55 bits per heavy atom. The van der Waals surface area contributed by atoms with Crippen molar-refractivity contribution >= 4 is 16.9 Å². The van der Waals surface area contributed by atoms with E-state index in [-0.39, 0.29) is 11.9 Å². The summed E-state index contributed by atoms with van der Waals surface area (Å²) in [4.78, 5) is 15.7. The van der Waals surface area contributed by atoms with Crippen LogP contribution in [-0.4, -0.2) is 17.6 Å². The van der Waals surface area contributed by atoms with Crippen LogP contribution in [0, 0.1) is 0 Å². The average molecular weight is 293 g/mol. The summed E-state index contributed by atoms with van der Waals surface area (Å²) in [6.45, 7) is 2.23. The van der Waals surface area contributed by atoms with E-state index in [0.29, 0.717) is 13.0 Å². The molecule has 3 nitrogen and oxygen atoms in total. The molecule has 0 radical (unpaired) electrons. The molecule has 0 aliphatic heterocycles. The van der Waals surface area contributed by atoms with E-state index in [2.05, 4.69) is 4.98 Å². The molecule has 1 atom stereocenters. The zero-order valence-corrected chi connectivity index (χ0v) is 12.6. The van der Waals surface area contributed by atoms with Gasteiger partial charge in [-0.05, 0) is 36.4 Å². The van der Waals surface area contributed by atoms with Gasteiger partial charge in [-0.1, -0.05) is 48.5 Å². The molecule has 22 heavy (non-hydrogen) atoms. The van der Waals surface area contributed by atoms with Crippen LogP contribution in [0.15, 0.2) is 60.7 Å². The minimum Gasteiger partial charge on any atom is -0.465 e. The number of H-pyrrole nitrogens is 1. The second-order valence-electron chi connectivity index (χ2n) is 5.31. The Kier molecular flexibility index (Phi) is 4.24. The van der Waals surface area contributed by atoms with Crippen LogP contribution in [0.4, 0.5) is 0 Å². The third-order valence-electron chi connectivity index (χ3n) is 3.78. The van der Waals surface area contributed by atoms with E-state index >= 15 is 0 Å². The first kappa shape index (κ1) is 14.4. The van der Waals surface area contributed by atoms with Gasteiger partial charge in [0.1, 0.15) is 5.92 Å². The smallest absolute Gasteiger partial charge is 0.315 e. The fraction of sp³-hybridized carbons (Fsp3) is 0.211. The number of para-hydroxylation sites is 1. The Labute approximate surface area is 129 Å². The second-order valence-corrected chi connectivity index (χ2v) is 5.31. The van der Waals surface area contributed by atoms with Gasteiger partial charge in [-0.3, -0.25) is 4.79 Å². The van der Waals surface area contributed by atoms with Crippen molar-refractivity contribution in [1.29, 1.82) is 0 Å². The normalized spacial score (nSPS) is 12.2. The number of aromatic nitrogens is 1. The number of hydrogen-bond acceptors (Lipinski definition) is 2. The molecule has 0 fully saturated rings. The predicted octanol–water partition coefficient (Wildman–Crippen LogP) is 4.06. The molecule has 1 unspecified atom stereocenters. The summed E-state index contributed by atoms with van der Waals surface area (Å²) in [6, 6.07) is 20.1. The molecule has 112 valence electrons. The van der Waals surface area contributed by atoms with E-state index in [9.17, 15) is 4.79 Å². The molecule has 2 aromatic carbocycles. The SMILES string of the molecule is CCOC(=O)C(Cc1ccccc1)c1cc2ccccc2[nH]1. The highest BCUT2D eigenvalue weighted by Crippen LogP contribution is 2.25. The van der Waals surface area contributed by atoms with Crippen molar-refractivity contribution in [2.45, 2.75) is 19.3 Å². The van der Waals surface area contributed by atoms with Crippen molar-refractivity contribution in [3.63, 3.8) is 0 Å². The van der Waals surface area contributed by atoms with Crippen LogP contribution in [0.1, 0.15) is 24.1 Å². The summed E-state index contributed by atoms with van der Waals surface area (Å²) >= 11 is 0. The van der Waals surface area contributed by atoms with E-state index in [4.69, 9.17) is 4.74 Å². The first-order chi connectivity index (χ1) is 10.8. The van der Waals surface area contributed by atoms with Crippen LogP contribution in [0.5, 0.6) is 0 Å². The van der Waals surface area contributed by atoms with Gasteiger partial charge in [0, 0.05) is 11.2 Å². The number of nitrogens with one attached hydrogen (secondary N) is 1. The van der Waals surface area contributed by atoms with Crippen LogP contribution in [-0.2, 0) is 16.0 Å². The van der Waals surface area contributed by atoms with Gasteiger partial charge in [-0.2, -0.15) is 0 Å². The molecule has 3 aromatic rings. The van der Waals surface area contributed by atoms with Gasteiger partial charge in [0.2, 0.25) is 0 Å². The molecule has 3 heteroatoms. The molecule has 0 aliphatic carbocycles. The lowest BCUT2D eigenvalue weighted by atomic mass is 9.96. The lowest BCUT2D eigenvalue weighted by molar-refractivity contribution is -0.145. The largest absolute Gasteiger partial charge is 0.465 e. The monoisotopic (exact) mass is 293 g/mol. The van der Waals surface area contributed by atoms with Crippen LogP contribution in [0.25, 0.3) is 10.9 Å². The number of hydrogen-bond donors (Lipinski definition) is 1. The third kappa shape index (κ3) is 3.03. The number of rotatable bonds is 5. The van der Waals surface area contributed by atoms with E-state index in [0.717, 1.165) is 22.2 Å². The fourth-order valence-electron chi connectivity index (χ4n) is 2.70. The van der Waals surface area contributed by atoms with Crippen molar-refractivity contribution in [2.24, 2.45) is 0 Å². The Balaban J connectivity index is 1.95. The van der Waals surface area contributed by atoms with Gasteiger partial charge in [-0.25, -0.2) is 0 Å². The maximum atomic E-state index is 12.4. The number of carbonyl (C=O) groups excluding carboxylic acids is 1. The molecule has 0 aliphatic rings. The van der Waals surface area contributed by atoms with E-state index in [1.807, 2.05) is 67.6 Å². The van der Waals surface area contributed by atoms with Crippen molar-refractivity contribution in [3.8, 4) is 0 Å². The first-order valence-electron chi connectivity index (χ1n) is 7.56. The van der Waals surface area contributed by atoms with Crippen molar-refractivity contribution in [2.75, 3.05) is 6.61 Å². The highest BCUT2D eigenvalue weighted by molar-refractivity contribution is 5.84. The van der Waals surface area contributed by atoms with Crippen LogP contribution in [0.2, 0.25) is 0 Å². The number of fused-ring (bicyclic) bond motifs is 1. The molecule has 0 spiro atoms. The highest BCUT2D eigenvalue weighted by Gasteiger charge is 2.24. The number of carbonyl (C=O) groups is 1. The number of aromatic amines is 1. The number of benzene rings is 2. The van der Waals surface area contributed by atoms with Crippen LogP contribution >= 0.6 is 0 Å². The highest BCUT2D eigenvalue weighted by atomic mass is 16.5. The van der Waals surface area contributed by atoms with Gasteiger partial charge < -0.3 is 9.72 Å². The maximum absolute atomic E-state index is 12.4. The summed E-state index contributed by atoms with van der Waals surface area (Å²) in [5.41, 5.74) is 3.07. The molecule has 3 rings (SSSR count). The molecule has 0 saturated heterocycles. The van der Waals surface area contributed by atoms with Crippen LogP contribution < -0.4 is 0 Å². The predicted molar refractivity (Wildman–Crippen MR) is 87.8 cm³/mol.